The molecule has 2 aromatic carbocycles. The predicted molar refractivity (Wildman–Crippen MR) is 105 cm³/mol. The Morgan fingerprint density at radius 3 is 2.26 bits per heavy atom. The summed E-state index contributed by atoms with van der Waals surface area (Å²) in [7, 11) is 3.15. The van der Waals surface area contributed by atoms with Crippen molar-refractivity contribution in [1.29, 1.82) is 0 Å². The lowest BCUT2D eigenvalue weighted by Crippen LogP contribution is -2.15. The third-order valence-corrected chi connectivity index (χ3v) is 4.50. The number of rotatable bonds is 5. The number of anilines is 1. The molecule has 6 nitrogen and oxygen atoms in total. The van der Waals surface area contributed by atoms with E-state index in [0.717, 1.165) is 16.9 Å². The van der Waals surface area contributed by atoms with Crippen LogP contribution in [-0.4, -0.2) is 29.9 Å². The smallest absolute Gasteiger partial charge is 0.259 e. The van der Waals surface area contributed by atoms with Crippen LogP contribution >= 0.6 is 0 Å². The molecule has 0 aliphatic carbocycles. The summed E-state index contributed by atoms with van der Waals surface area (Å²) in [6, 6.07) is 13.3. The van der Waals surface area contributed by atoms with Crippen LogP contribution in [0, 0.1) is 20.8 Å². The lowest BCUT2D eigenvalue weighted by Gasteiger charge is -2.14. The SMILES string of the molecule is COc1cc(C)c(NC(=O)c2c(C)nn(-c3ccccc3)c2C)cc1OC. The molecule has 3 rings (SSSR count). The zero-order valence-corrected chi connectivity index (χ0v) is 16.2. The molecule has 140 valence electrons. The van der Waals surface area contributed by atoms with Crippen molar-refractivity contribution in [3.05, 3.63) is 65.0 Å². The minimum Gasteiger partial charge on any atom is -0.493 e. The number of methoxy groups -OCH3 is 2. The molecule has 0 bridgehead atoms. The van der Waals surface area contributed by atoms with Gasteiger partial charge < -0.3 is 14.8 Å². The number of amides is 1. The van der Waals surface area contributed by atoms with E-state index >= 15 is 0 Å². The Hall–Kier alpha value is -3.28. The van der Waals surface area contributed by atoms with Gasteiger partial charge in [-0.15, -0.1) is 0 Å². The number of nitrogens with zero attached hydrogens (tertiary/aromatic N) is 2. The Morgan fingerprint density at radius 2 is 1.63 bits per heavy atom. The zero-order chi connectivity index (χ0) is 19.6. The second kappa shape index (κ2) is 7.53. The van der Waals surface area contributed by atoms with E-state index in [1.807, 2.05) is 57.2 Å². The van der Waals surface area contributed by atoms with Crippen LogP contribution in [0.1, 0.15) is 27.3 Å². The summed E-state index contributed by atoms with van der Waals surface area (Å²) in [5, 5.41) is 7.51. The molecule has 0 saturated carbocycles. The van der Waals surface area contributed by atoms with Crippen LogP contribution < -0.4 is 14.8 Å². The maximum absolute atomic E-state index is 13.0. The monoisotopic (exact) mass is 365 g/mol. The van der Waals surface area contributed by atoms with E-state index in [0.29, 0.717) is 28.4 Å². The number of carbonyl (C=O) groups excluding carboxylic acids is 1. The maximum atomic E-state index is 13.0. The van der Waals surface area contributed by atoms with Crippen molar-refractivity contribution >= 4 is 11.6 Å². The number of aromatic nitrogens is 2. The minimum absolute atomic E-state index is 0.206. The summed E-state index contributed by atoms with van der Waals surface area (Å²) in [6.45, 7) is 5.64. The summed E-state index contributed by atoms with van der Waals surface area (Å²) < 4.78 is 12.4. The fourth-order valence-electron chi connectivity index (χ4n) is 3.09. The number of hydrogen-bond acceptors (Lipinski definition) is 4. The highest BCUT2D eigenvalue weighted by atomic mass is 16.5. The molecule has 0 spiro atoms. The molecule has 1 heterocycles. The van der Waals surface area contributed by atoms with Crippen LogP contribution in [0.25, 0.3) is 5.69 Å². The third kappa shape index (κ3) is 3.51. The molecule has 3 aromatic rings. The van der Waals surface area contributed by atoms with Gasteiger partial charge in [-0.2, -0.15) is 5.10 Å². The number of carbonyl (C=O) groups is 1. The molecule has 0 aliphatic rings. The van der Waals surface area contributed by atoms with Crippen molar-refractivity contribution in [3.8, 4) is 17.2 Å². The minimum atomic E-state index is -0.206. The van der Waals surface area contributed by atoms with Crippen LogP contribution in [0.4, 0.5) is 5.69 Å². The zero-order valence-electron chi connectivity index (χ0n) is 16.2. The normalized spacial score (nSPS) is 10.6. The first-order valence-corrected chi connectivity index (χ1v) is 8.62. The van der Waals surface area contributed by atoms with E-state index in [1.165, 1.54) is 0 Å². The number of nitrogens with one attached hydrogen (secondary N) is 1. The maximum Gasteiger partial charge on any atom is 0.259 e. The molecule has 27 heavy (non-hydrogen) atoms. The fraction of sp³-hybridized carbons (Fsp3) is 0.238. The highest BCUT2D eigenvalue weighted by Gasteiger charge is 2.20. The van der Waals surface area contributed by atoms with Gasteiger partial charge >= 0.3 is 0 Å². The average molecular weight is 365 g/mol. The molecule has 0 saturated heterocycles. The second-order valence-corrected chi connectivity index (χ2v) is 6.27. The van der Waals surface area contributed by atoms with Crippen molar-refractivity contribution in [2.45, 2.75) is 20.8 Å². The molecular formula is C21H23N3O3. The molecule has 0 radical (unpaired) electrons. The van der Waals surface area contributed by atoms with Gasteiger partial charge in [-0.3, -0.25) is 4.79 Å². The summed E-state index contributed by atoms with van der Waals surface area (Å²) in [6.07, 6.45) is 0. The molecule has 1 amide bonds. The molecule has 0 unspecified atom stereocenters. The quantitative estimate of drug-likeness (QED) is 0.740. The van der Waals surface area contributed by atoms with Gasteiger partial charge in [0.15, 0.2) is 11.5 Å². The Labute approximate surface area is 158 Å². The fourth-order valence-corrected chi connectivity index (χ4v) is 3.09. The van der Waals surface area contributed by atoms with Gasteiger partial charge in [0.1, 0.15) is 0 Å². The van der Waals surface area contributed by atoms with Crippen molar-refractivity contribution < 1.29 is 14.3 Å². The van der Waals surface area contributed by atoms with Crippen molar-refractivity contribution in [2.24, 2.45) is 0 Å². The topological polar surface area (TPSA) is 65.4 Å². The van der Waals surface area contributed by atoms with E-state index in [4.69, 9.17) is 9.47 Å². The lowest BCUT2D eigenvalue weighted by molar-refractivity contribution is 0.102. The number of aryl methyl sites for hydroxylation is 2. The second-order valence-electron chi connectivity index (χ2n) is 6.27. The van der Waals surface area contributed by atoms with Gasteiger partial charge in [-0.05, 0) is 44.5 Å². The number of benzene rings is 2. The van der Waals surface area contributed by atoms with E-state index < -0.39 is 0 Å². The summed E-state index contributed by atoms with van der Waals surface area (Å²) in [5.41, 5.74) is 4.49. The first kappa shape index (κ1) is 18.5. The molecule has 0 fully saturated rings. The number of para-hydroxylation sites is 1. The summed E-state index contributed by atoms with van der Waals surface area (Å²) >= 11 is 0. The average Bonchev–Trinajstić information content (AvgIpc) is 2.97. The number of ether oxygens (including phenoxy) is 2. The molecular weight excluding hydrogens is 342 g/mol. The molecule has 0 atom stereocenters. The Balaban J connectivity index is 1.95. The van der Waals surface area contributed by atoms with Crippen LogP contribution in [-0.2, 0) is 0 Å². The van der Waals surface area contributed by atoms with E-state index in [1.54, 1.807) is 25.0 Å². The van der Waals surface area contributed by atoms with Crippen LogP contribution in [0.15, 0.2) is 42.5 Å². The standard InChI is InChI=1S/C21H23N3O3/c1-13-11-18(26-4)19(27-5)12-17(13)22-21(25)20-14(2)23-24(15(20)3)16-9-7-6-8-10-16/h6-12H,1-5H3,(H,22,25). The largest absolute Gasteiger partial charge is 0.493 e. The van der Waals surface area contributed by atoms with Gasteiger partial charge in [0.25, 0.3) is 5.91 Å². The van der Waals surface area contributed by atoms with Gasteiger partial charge in [0.05, 0.1) is 36.9 Å². The highest BCUT2D eigenvalue weighted by molar-refractivity contribution is 6.06. The van der Waals surface area contributed by atoms with E-state index in [2.05, 4.69) is 10.4 Å². The summed E-state index contributed by atoms with van der Waals surface area (Å²) in [5.74, 6) is 0.978. The van der Waals surface area contributed by atoms with Gasteiger partial charge in [-0.25, -0.2) is 4.68 Å². The Kier molecular flexibility index (Phi) is 5.16. The molecule has 1 aromatic heterocycles. The first-order valence-electron chi connectivity index (χ1n) is 8.62. The van der Waals surface area contributed by atoms with Crippen molar-refractivity contribution in [3.63, 3.8) is 0 Å². The molecule has 6 heteroatoms. The van der Waals surface area contributed by atoms with Gasteiger partial charge in [0.2, 0.25) is 0 Å². The molecule has 1 N–H and O–H groups in total. The van der Waals surface area contributed by atoms with Crippen molar-refractivity contribution in [1.82, 2.24) is 9.78 Å². The first-order chi connectivity index (χ1) is 13.0. The third-order valence-electron chi connectivity index (χ3n) is 4.50. The van der Waals surface area contributed by atoms with E-state index in [-0.39, 0.29) is 5.91 Å². The Morgan fingerprint density at radius 1 is 1.00 bits per heavy atom. The summed E-state index contributed by atoms with van der Waals surface area (Å²) in [4.78, 5) is 13.0. The molecule has 0 aliphatic heterocycles. The van der Waals surface area contributed by atoms with E-state index in [9.17, 15) is 4.79 Å². The highest BCUT2D eigenvalue weighted by Crippen LogP contribution is 2.33. The Bertz CT molecular complexity index is 978. The van der Waals surface area contributed by atoms with Gasteiger partial charge in [-0.1, -0.05) is 18.2 Å². The lowest BCUT2D eigenvalue weighted by atomic mass is 10.1. The van der Waals surface area contributed by atoms with Gasteiger partial charge in [0, 0.05) is 11.8 Å². The van der Waals surface area contributed by atoms with Crippen LogP contribution in [0.2, 0.25) is 0 Å². The predicted octanol–water partition coefficient (Wildman–Crippen LogP) is 4.07. The van der Waals surface area contributed by atoms with Crippen LogP contribution in [0.5, 0.6) is 11.5 Å². The number of hydrogen-bond donors (Lipinski definition) is 1. The van der Waals surface area contributed by atoms with Crippen LogP contribution in [0.3, 0.4) is 0 Å². The van der Waals surface area contributed by atoms with Crippen molar-refractivity contribution in [2.75, 3.05) is 19.5 Å².